The van der Waals surface area contributed by atoms with E-state index >= 15 is 0 Å². The number of rotatable bonds is 8. The Morgan fingerprint density at radius 1 is 0.837 bits per heavy atom. The van der Waals surface area contributed by atoms with E-state index in [2.05, 4.69) is 9.47 Å². The summed E-state index contributed by atoms with van der Waals surface area (Å²) in [5.74, 6) is -2.93. The quantitative estimate of drug-likeness (QED) is 0.145. The van der Waals surface area contributed by atoms with E-state index in [1.54, 1.807) is 0 Å². The molecule has 0 spiro atoms. The van der Waals surface area contributed by atoms with E-state index in [0.717, 1.165) is 49.6 Å². The average Bonchev–Trinajstić information content (AvgIpc) is 3.45. The van der Waals surface area contributed by atoms with Crippen LogP contribution in [0.1, 0.15) is 52.7 Å². The molecule has 1 fully saturated rings. The first-order valence-corrected chi connectivity index (χ1v) is 14.2. The highest BCUT2D eigenvalue weighted by atomic mass is 32.2. The van der Waals surface area contributed by atoms with E-state index in [0.29, 0.717) is 37.1 Å². The summed E-state index contributed by atoms with van der Waals surface area (Å²) >= 11 is 0. The molecule has 0 atom stereocenters. The molecule has 5 nitrogen and oxygen atoms in total. The van der Waals surface area contributed by atoms with Gasteiger partial charge in [0.05, 0.1) is 24.2 Å². The van der Waals surface area contributed by atoms with Gasteiger partial charge >= 0.3 is 18.3 Å². The molecular formula is C29H24F8O5S. The Balaban J connectivity index is 1.79. The Morgan fingerprint density at radius 3 is 1.91 bits per heavy atom. The van der Waals surface area contributed by atoms with Crippen molar-refractivity contribution in [3.8, 4) is 0 Å². The van der Waals surface area contributed by atoms with Gasteiger partial charge in [0.15, 0.2) is 9.84 Å². The van der Waals surface area contributed by atoms with Crippen molar-refractivity contribution in [1.29, 1.82) is 0 Å². The van der Waals surface area contributed by atoms with Gasteiger partial charge in [0, 0.05) is 11.1 Å². The van der Waals surface area contributed by atoms with Crippen molar-refractivity contribution in [1.82, 2.24) is 0 Å². The van der Waals surface area contributed by atoms with Crippen LogP contribution in [-0.2, 0) is 36.3 Å². The molecule has 0 radical (unpaired) electrons. The lowest BCUT2D eigenvalue weighted by Crippen LogP contribution is -2.55. The van der Waals surface area contributed by atoms with Gasteiger partial charge in [-0.3, -0.25) is 0 Å². The second kappa shape index (κ2) is 11.5. The molecule has 14 heteroatoms. The lowest BCUT2D eigenvalue weighted by molar-refractivity contribution is -0.392. The number of hydrogen-bond acceptors (Lipinski definition) is 5. The first-order valence-electron chi connectivity index (χ1n) is 12.8. The van der Waals surface area contributed by atoms with Crippen LogP contribution < -0.4 is 0 Å². The third-order valence-electron chi connectivity index (χ3n) is 7.58. The lowest BCUT2D eigenvalue weighted by Gasteiger charge is -2.38. The molecule has 1 aliphatic carbocycles. The second-order valence-corrected chi connectivity index (χ2v) is 12.3. The minimum absolute atomic E-state index is 0.0298. The number of ether oxygens (including phenoxy) is 2. The molecule has 0 amide bonds. The summed E-state index contributed by atoms with van der Waals surface area (Å²) in [5.41, 5.74) is -7.53. The fourth-order valence-electron chi connectivity index (χ4n) is 5.36. The first-order chi connectivity index (χ1) is 20.0. The van der Waals surface area contributed by atoms with Gasteiger partial charge in [-0.1, -0.05) is 37.1 Å². The maximum atomic E-state index is 14.4. The van der Waals surface area contributed by atoms with E-state index < -0.39 is 67.9 Å². The fourth-order valence-corrected chi connectivity index (χ4v) is 7.58. The van der Waals surface area contributed by atoms with Gasteiger partial charge in [0.1, 0.15) is 16.4 Å². The molecule has 0 saturated heterocycles. The van der Waals surface area contributed by atoms with Crippen molar-refractivity contribution in [2.24, 2.45) is 0 Å². The number of carbonyl (C=O) groups excluding carboxylic acids is 1. The van der Waals surface area contributed by atoms with Crippen molar-refractivity contribution in [3.63, 3.8) is 0 Å². The highest BCUT2D eigenvalue weighted by Crippen LogP contribution is 2.54. The van der Waals surface area contributed by atoms with Crippen LogP contribution in [0.3, 0.4) is 0 Å². The van der Waals surface area contributed by atoms with E-state index in [-0.39, 0.29) is 28.9 Å². The highest BCUT2D eigenvalue weighted by Gasteiger charge is 2.73. The van der Waals surface area contributed by atoms with Gasteiger partial charge < -0.3 is 9.47 Å². The number of benzene rings is 3. The zero-order chi connectivity index (χ0) is 31.8. The Bertz CT molecular complexity index is 1560. The largest absolute Gasteiger partial charge is 0.465 e. The Labute approximate surface area is 241 Å². The highest BCUT2D eigenvalue weighted by molar-refractivity contribution is 7.92. The molecule has 0 bridgehead atoms. The van der Waals surface area contributed by atoms with Gasteiger partial charge in [-0.2, -0.15) is 26.3 Å². The van der Waals surface area contributed by atoms with E-state index in [4.69, 9.17) is 0 Å². The maximum Gasteiger partial charge on any atom is 0.430 e. The monoisotopic (exact) mass is 636 g/mol. The second-order valence-electron chi connectivity index (χ2n) is 10.00. The van der Waals surface area contributed by atoms with Gasteiger partial charge in [-0.05, 0) is 60.9 Å². The molecule has 0 aliphatic heterocycles. The van der Waals surface area contributed by atoms with Gasteiger partial charge in [0.2, 0.25) is 0 Å². The zero-order valence-electron chi connectivity index (χ0n) is 22.4. The number of sulfone groups is 1. The molecule has 3 aromatic carbocycles. The fraction of sp³-hybridized carbons (Fsp3) is 0.345. The molecule has 1 saturated carbocycles. The number of halogens is 8. The Kier molecular flexibility index (Phi) is 8.68. The minimum atomic E-state index is -6.12. The summed E-state index contributed by atoms with van der Waals surface area (Å²) < 4.78 is 149. The van der Waals surface area contributed by atoms with E-state index in [9.17, 15) is 48.3 Å². The van der Waals surface area contributed by atoms with Crippen LogP contribution in [0.15, 0.2) is 71.6 Å². The van der Waals surface area contributed by atoms with Crippen molar-refractivity contribution >= 4 is 15.8 Å². The minimum Gasteiger partial charge on any atom is -0.465 e. The molecule has 3 aromatic rings. The average molecular weight is 637 g/mol. The van der Waals surface area contributed by atoms with Crippen LogP contribution in [0.25, 0.3) is 0 Å². The topological polar surface area (TPSA) is 69.7 Å². The van der Waals surface area contributed by atoms with E-state index in [1.165, 1.54) is 0 Å². The molecule has 0 aromatic heterocycles. The number of hydrogen-bond donors (Lipinski definition) is 0. The molecule has 1 aliphatic rings. The van der Waals surface area contributed by atoms with Crippen LogP contribution in [0.4, 0.5) is 35.1 Å². The predicted octanol–water partition coefficient (Wildman–Crippen LogP) is 7.53. The Morgan fingerprint density at radius 2 is 1.40 bits per heavy atom. The summed E-state index contributed by atoms with van der Waals surface area (Å²) in [7, 11) is -3.28. The van der Waals surface area contributed by atoms with Crippen molar-refractivity contribution in [2.45, 2.75) is 59.9 Å². The Hall–Kier alpha value is -3.52. The van der Waals surface area contributed by atoms with Crippen molar-refractivity contribution < 1.29 is 57.8 Å². The van der Waals surface area contributed by atoms with Crippen LogP contribution in [0.5, 0.6) is 0 Å². The van der Waals surface area contributed by atoms with Crippen LogP contribution in [0.2, 0.25) is 0 Å². The number of carbonyl (C=O) groups is 1. The molecule has 0 N–H and O–H groups in total. The van der Waals surface area contributed by atoms with Gasteiger partial charge in [0.25, 0.3) is 5.60 Å². The molecule has 0 heterocycles. The summed E-state index contributed by atoms with van der Waals surface area (Å²) in [5, 5.41) is 0. The third-order valence-corrected chi connectivity index (χ3v) is 10.1. The van der Waals surface area contributed by atoms with Crippen LogP contribution in [-0.4, -0.2) is 33.8 Å². The van der Waals surface area contributed by atoms with Crippen LogP contribution in [0, 0.1) is 11.6 Å². The smallest absolute Gasteiger partial charge is 0.430 e. The molecule has 4 rings (SSSR count). The molecule has 43 heavy (non-hydrogen) atoms. The molecule has 232 valence electrons. The summed E-state index contributed by atoms with van der Waals surface area (Å²) in [4.78, 5) is 11.5. The molecular weight excluding hydrogens is 612 g/mol. The van der Waals surface area contributed by atoms with E-state index in [1.807, 2.05) is 0 Å². The third kappa shape index (κ3) is 5.62. The summed E-state index contributed by atoms with van der Waals surface area (Å²) in [6.07, 6.45) is -11.3. The molecule has 0 unspecified atom stereocenters. The SMILES string of the molecule is COC(=O)c1ccc(F)c(COC(c2ccc(C3(S(=O)(=O)c4ccc(F)cc4)CCCC3)cc2)(C(F)(F)F)C(F)(F)F)c1. The zero-order valence-corrected chi connectivity index (χ0v) is 23.2. The number of esters is 1. The first kappa shape index (κ1) is 32.4. The summed E-state index contributed by atoms with van der Waals surface area (Å²) in [6.45, 7) is -1.54. The number of alkyl halides is 6. The van der Waals surface area contributed by atoms with Crippen molar-refractivity contribution in [2.75, 3.05) is 7.11 Å². The van der Waals surface area contributed by atoms with Gasteiger partial charge in [-0.15, -0.1) is 0 Å². The van der Waals surface area contributed by atoms with Gasteiger partial charge in [-0.25, -0.2) is 22.0 Å². The lowest BCUT2D eigenvalue weighted by atomic mass is 9.88. The normalized spacial score (nSPS) is 15.8. The standard InChI is InChI=1S/C29H24F8O5S/c1-41-25(38)18-4-13-24(31)19(16-18)17-42-27(28(32,33)34,29(35,36)37)21-7-5-20(6-8-21)26(14-2-3-15-26)43(39,40)23-11-9-22(30)10-12-23/h4-13,16H,2-3,14-15,17H2,1H3. The number of methoxy groups -OCH3 is 1. The van der Waals surface area contributed by atoms with Crippen molar-refractivity contribution in [3.05, 3.63) is 101 Å². The predicted molar refractivity (Wildman–Crippen MR) is 136 cm³/mol. The van der Waals surface area contributed by atoms with Crippen LogP contribution >= 0.6 is 0 Å². The maximum absolute atomic E-state index is 14.4. The summed E-state index contributed by atoms with van der Waals surface area (Å²) in [6, 6.07) is 8.97.